The minimum Gasteiger partial charge on any atom is -0.480 e. The number of carbonyl (C=O) groups excluding carboxylic acids is 1. The van der Waals surface area contributed by atoms with Gasteiger partial charge in [0, 0.05) is 18.8 Å². The maximum atomic E-state index is 12.2. The number of amides is 1. The molecule has 0 atom stereocenters. The van der Waals surface area contributed by atoms with Crippen molar-refractivity contribution in [1.29, 1.82) is 0 Å². The normalized spacial score (nSPS) is 10.6. The molecule has 0 fully saturated rings. The highest BCUT2D eigenvalue weighted by atomic mass is 16.4. The fourth-order valence-corrected chi connectivity index (χ4v) is 1.61. The van der Waals surface area contributed by atoms with Crippen LogP contribution in [0.15, 0.2) is 12.1 Å². The first-order valence-corrected chi connectivity index (χ1v) is 5.49. The molecule has 0 aliphatic rings. The summed E-state index contributed by atoms with van der Waals surface area (Å²) in [6.45, 7) is 5.22. The van der Waals surface area contributed by atoms with Crippen molar-refractivity contribution in [3.05, 3.63) is 23.5 Å². The minimum absolute atomic E-state index is 0.145. The van der Waals surface area contributed by atoms with Crippen LogP contribution in [0.4, 0.5) is 0 Å². The molecule has 5 nitrogen and oxygen atoms in total. The van der Waals surface area contributed by atoms with E-state index in [0.717, 1.165) is 5.69 Å². The number of aromatic nitrogens is 1. The Labute approximate surface area is 101 Å². The van der Waals surface area contributed by atoms with Crippen molar-refractivity contribution < 1.29 is 14.7 Å². The Morgan fingerprint density at radius 3 is 2.35 bits per heavy atom. The van der Waals surface area contributed by atoms with Crippen LogP contribution in [0.5, 0.6) is 0 Å². The van der Waals surface area contributed by atoms with Crippen molar-refractivity contribution >= 4 is 11.9 Å². The zero-order valence-electron chi connectivity index (χ0n) is 10.6. The molecule has 1 heterocycles. The summed E-state index contributed by atoms with van der Waals surface area (Å²) in [5.74, 6) is -1.25. The zero-order chi connectivity index (χ0) is 13.2. The molecule has 17 heavy (non-hydrogen) atoms. The molecule has 0 unspecified atom stereocenters. The van der Waals surface area contributed by atoms with Gasteiger partial charge in [0.2, 0.25) is 0 Å². The third kappa shape index (κ3) is 2.87. The van der Waals surface area contributed by atoms with Gasteiger partial charge in [-0.05, 0) is 32.9 Å². The average molecular weight is 238 g/mol. The summed E-state index contributed by atoms with van der Waals surface area (Å²) in [5, 5.41) is 8.80. The summed E-state index contributed by atoms with van der Waals surface area (Å²) in [6, 6.07) is 3.41. The molecule has 0 radical (unpaired) electrons. The molecule has 0 spiro atoms. The van der Waals surface area contributed by atoms with Gasteiger partial charge in [0.25, 0.3) is 5.91 Å². The van der Waals surface area contributed by atoms with Gasteiger partial charge in [-0.3, -0.25) is 9.59 Å². The van der Waals surface area contributed by atoms with E-state index in [1.807, 2.05) is 13.0 Å². The first-order chi connectivity index (χ1) is 7.84. The van der Waals surface area contributed by atoms with E-state index in [2.05, 4.69) is 0 Å². The average Bonchev–Trinajstić information content (AvgIpc) is 2.55. The third-order valence-corrected chi connectivity index (χ3v) is 2.78. The molecule has 94 valence electrons. The number of aryl methyl sites for hydroxylation is 1. The zero-order valence-corrected chi connectivity index (χ0v) is 10.6. The highest BCUT2D eigenvalue weighted by molar-refractivity contribution is 5.94. The van der Waals surface area contributed by atoms with Crippen LogP contribution in [0.2, 0.25) is 0 Å². The third-order valence-electron chi connectivity index (χ3n) is 2.78. The first-order valence-electron chi connectivity index (χ1n) is 5.49. The standard InChI is InChI=1S/C12H18N2O3/c1-8(2)14(7-11(15)16)12(17)10-6-5-9(3)13(10)4/h5-6,8H,7H2,1-4H3,(H,15,16). The summed E-state index contributed by atoms with van der Waals surface area (Å²) in [7, 11) is 1.79. The van der Waals surface area contributed by atoms with Crippen LogP contribution in [0.1, 0.15) is 30.0 Å². The van der Waals surface area contributed by atoms with Gasteiger partial charge >= 0.3 is 5.97 Å². The number of carboxylic acid groups (broad SMARTS) is 1. The lowest BCUT2D eigenvalue weighted by Crippen LogP contribution is -2.41. The fraction of sp³-hybridized carbons (Fsp3) is 0.500. The van der Waals surface area contributed by atoms with E-state index in [-0.39, 0.29) is 18.5 Å². The lowest BCUT2D eigenvalue weighted by molar-refractivity contribution is -0.138. The van der Waals surface area contributed by atoms with Gasteiger partial charge in [-0.2, -0.15) is 0 Å². The Bertz CT molecular complexity index is 435. The molecule has 0 saturated carbocycles. The summed E-state index contributed by atoms with van der Waals surface area (Å²) in [4.78, 5) is 24.3. The number of hydrogen-bond donors (Lipinski definition) is 1. The van der Waals surface area contributed by atoms with Crippen LogP contribution in [0.3, 0.4) is 0 Å². The molecule has 1 rings (SSSR count). The highest BCUT2D eigenvalue weighted by Crippen LogP contribution is 2.11. The summed E-state index contributed by atoms with van der Waals surface area (Å²) >= 11 is 0. The summed E-state index contributed by atoms with van der Waals surface area (Å²) in [6.07, 6.45) is 0. The van der Waals surface area contributed by atoms with Crippen LogP contribution >= 0.6 is 0 Å². The van der Waals surface area contributed by atoms with E-state index >= 15 is 0 Å². The Morgan fingerprint density at radius 2 is 2.00 bits per heavy atom. The van der Waals surface area contributed by atoms with E-state index in [9.17, 15) is 9.59 Å². The van der Waals surface area contributed by atoms with E-state index < -0.39 is 5.97 Å². The van der Waals surface area contributed by atoms with Crippen molar-refractivity contribution in [3.63, 3.8) is 0 Å². The number of carboxylic acids is 1. The highest BCUT2D eigenvalue weighted by Gasteiger charge is 2.23. The van der Waals surface area contributed by atoms with Crippen LogP contribution in [-0.2, 0) is 11.8 Å². The lowest BCUT2D eigenvalue weighted by atomic mass is 10.2. The molecule has 0 aliphatic heterocycles. The Morgan fingerprint density at radius 1 is 1.41 bits per heavy atom. The second kappa shape index (κ2) is 5.03. The maximum absolute atomic E-state index is 12.2. The second-order valence-electron chi connectivity index (χ2n) is 4.34. The van der Waals surface area contributed by atoms with E-state index in [1.54, 1.807) is 31.5 Å². The van der Waals surface area contributed by atoms with Gasteiger partial charge in [-0.25, -0.2) is 0 Å². The van der Waals surface area contributed by atoms with E-state index in [0.29, 0.717) is 5.69 Å². The minimum atomic E-state index is -1.00. The van der Waals surface area contributed by atoms with Crippen molar-refractivity contribution in [2.24, 2.45) is 7.05 Å². The number of rotatable bonds is 4. The smallest absolute Gasteiger partial charge is 0.323 e. The molecular formula is C12H18N2O3. The molecule has 1 aromatic rings. The number of aliphatic carboxylic acids is 1. The predicted molar refractivity (Wildman–Crippen MR) is 64.0 cm³/mol. The predicted octanol–water partition coefficient (Wildman–Crippen LogP) is 1.27. The topological polar surface area (TPSA) is 62.5 Å². The quantitative estimate of drug-likeness (QED) is 0.859. The second-order valence-corrected chi connectivity index (χ2v) is 4.34. The Balaban J connectivity index is 3.00. The maximum Gasteiger partial charge on any atom is 0.323 e. The Kier molecular flexibility index (Phi) is 3.93. The number of carbonyl (C=O) groups is 2. The molecule has 1 N–H and O–H groups in total. The van der Waals surface area contributed by atoms with Crippen LogP contribution in [0.25, 0.3) is 0 Å². The summed E-state index contributed by atoms with van der Waals surface area (Å²) < 4.78 is 1.76. The monoisotopic (exact) mass is 238 g/mol. The van der Waals surface area contributed by atoms with Crippen molar-refractivity contribution in [2.45, 2.75) is 26.8 Å². The van der Waals surface area contributed by atoms with Crippen LogP contribution in [-0.4, -0.2) is 39.0 Å². The van der Waals surface area contributed by atoms with Crippen molar-refractivity contribution in [1.82, 2.24) is 9.47 Å². The molecule has 1 amide bonds. The molecular weight excluding hydrogens is 220 g/mol. The van der Waals surface area contributed by atoms with Gasteiger partial charge < -0.3 is 14.6 Å². The SMILES string of the molecule is Cc1ccc(C(=O)N(CC(=O)O)C(C)C)n1C. The lowest BCUT2D eigenvalue weighted by Gasteiger charge is -2.25. The van der Waals surface area contributed by atoms with Crippen LogP contribution < -0.4 is 0 Å². The molecule has 0 saturated heterocycles. The van der Waals surface area contributed by atoms with Gasteiger partial charge in [0.15, 0.2) is 0 Å². The van der Waals surface area contributed by atoms with Crippen LogP contribution in [0, 0.1) is 6.92 Å². The van der Waals surface area contributed by atoms with Gasteiger partial charge in [-0.15, -0.1) is 0 Å². The van der Waals surface area contributed by atoms with Gasteiger partial charge in [0.05, 0.1) is 0 Å². The van der Waals surface area contributed by atoms with Crippen molar-refractivity contribution in [3.8, 4) is 0 Å². The van der Waals surface area contributed by atoms with E-state index in [4.69, 9.17) is 5.11 Å². The first kappa shape index (κ1) is 13.3. The fourth-order valence-electron chi connectivity index (χ4n) is 1.61. The molecule has 0 aliphatic carbocycles. The van der Waals surface area contributed by atoms with Crippen molar-refractivity contribution in [2.75, 3.05) is 6.54 Å². The van der Waals surface area contributed by atoms with Gasteiger partial charge in [0.1, 0.15) is 12.2 Å². The Hall–Kier alpha value is -1.78. The number of nitrogens with zero attached hydrogens (tertiary/aromatic N) is 2. The largest absolute Gasteiger partial charge is 0.480 e. The van der Waals surface area contributed by atoms with E-state index in [1.165, 1.54) is 4.90 Å². The summed E-state index contributed by atoms with van der Waals surface area (Å²) in [5.41, 5.74) is 1.48. The van der Waals surface area contributed by atoms with Gasteiger partial charge in [-0.1, -0.05) is 0 Å². The molecule has 1 aromatic heterocycles. The molecule has 5 heteroatoms. The molecule has 0 aromatic carbocycles. The molecule has 0 bridgehead atoms. The number of hydrogen-bond acceptors (Lipinski definition) is 2.